The van der Waals surface area contributed by atoms with Gasteiger partial charge in [-0.15, -0.1) is 0 Å². The van der Waals surface area contributed by atoms with E-state index in [0.29, 0.717) is 29.8 Å². The molecule has 2 aromatic rings. The highest BCUT2D eigenvalue weighted by atomic mass is 19.1. The first kappa shape index (κ1) is 12.3. The lowest BCUT2D eigenvalue weighted by Gasteiger charge is -2.07. The summed E-state index contributed by atoms with van der Waals surface area (Å²) in [5.74, 6) is 0.294. The number of carbonyl (C=O) groups is 1. The smallest absolute Gasteiger partial charge is 0.150 e. The molecule has 0 spiro atoms. The fourth-order valence-electron chi connectivity index (χ4n) is 1.76. The summed E-state index contributed by atoms with van der Waals surface area (Å²) in [6, 6.07) is 11.7. The van der Waals surface area contributed by atoms with Crippen molar-refractivity contribution in [2.75, 3.05) is 6.61 Å². The van der Waals surface area contributed by atoms with E-state index in [2.05, 4.69) is 0 Å². The minimum absolute atomic E-state index is 0.331. The molecular formula is C15H13FO2. The second-order valence-corrected chi connectivity index (χ2v) is 3.82. The molecule has 2 aromatic carbocycles. The van der Waals surface area contributed by atoms with Gasteiger partial charge in [-0.2, -0.15) is 0 Å². The van der Waals surface area contributed by atoms with Crippen LogP contribution in [0.1, 0.15) is 17.3 Å². The van der Waals surface area contributed by atoms with Crippen LogP contribution in [0.5, 0.6) is 5.75 Å². The van der Waals surface area contributed by atoms with E-state index in [-0.39, 0.29) is 0 Å². The summed E-state index contributed by atoms with van der Waals surface area (Å²) in [6.07, 6.45) is 0.628. The molecule has 0 saturated heterocycles. The van der Waals surface area contributed by atoms with Gasteiger partial charge in [0, 0.05) is 11.1 Å². The second-order valence-electron chi connectivity index (χ2n) is 3.82. The van der Waals surface area contributed by atoms with Gasteiger partial charge >= 0.3 is 0 Å². The molecule has 0 unspecified atom stereocenters. The van der Waals surface area contributed by atoms with E-state index in [4.69, 9.17) is 4.74 Å². The van der Waals surface area contributed by atoms with Crippen LogP contribution in [0, 0.1) is 5.82 Å². The van der Waals surface area contributed by atoms with Gasteiger partial charge in [0.1, 0.15) is 17.9 Å². The Kier molecular flexibility index (Phi) is 3.72. The molecule has 0 aliphatic rings. The number of carbonyl (C=O) groups excluding carboxylic acids is 1. The predicted octanol–water partition coefficient (Wildman–Crippen LogP) is 3.70. The lowest BCUT2D eigenvalue weighted by atomic mass is 10.0. The Morgan fingerprint density at radius 3 is 2.72 bits per heavy atom. The standard InChI is InChI=1S/C15H13FO2/c1-2-18-13-5-3-4-12(9-13)14-7-6-11(10-17)8-15(14)16/h3-10H,2H2,1H3. The lowest BCUT2D eigenvalue weighted by Crippen LogP contribution is -1.92. The summed E-state index contributed by atoms with van der Waals surface area (Å²) >= 11 is 0. The highest BCUT2D eigenvalue weighted by Gasteiger charge is 2.06. The SMILES string of the molecule is CCOc1cccc(-c2ccc(C=O)cc2F)c1. The zero-order valence-electron chi connectivity index (χ0n) is 10.0. The van der Waals surface area contributed by atoms with Crippen LogP contribution in [0.3, 0.4) is 0 Å². The maximum Gasteiger partial charge on any atom is 0.150 e. The Labute approximate surface area is 105 Å². The van der Waals surface area contributed by atoms with Gasteiger partial charge < -0.3 is 4.74 Å². The summed E-state index contributed by atoms with van der Waals surface area (Å²) in [6.45, 7) is 2.46. The van der Waals surface area contributed by atoms with Gasteiger partial charge in [0.25, 0.3) is 0 Å². The number of aldehydes is 1. The van der Waals surface area contributed by atoms with Crippen LogP contribution in [0.4, 0.5) is 4.39 Å². The molecule has 0 amide bonds. The normalized spacial score (nSPS) is 10.1. The fraction of sp³-hybridized carbons (Fsp3) is 0.133. The molecule has 0 aromatic heterocycles. The molecule has 18 heavy (non-hydrogen) atoms. The average molecular weight is 244 g/mol. The first-order valence-corrected chi connectivity index (χ1v) is 5.72. The molecule has 2 rings (SSSR count). The second kappa shape index (κ2) is 5.45. The van der Waals surface area contributed by atoms with Crippen LogP contribution in [0.15, 0.2) is 42.5 Å². The third-order valence-electron chi connectivity index (χ3n) is 2.59. The number of halogens is 1. The van der Waals surface area contributed by atoms with Crippen molar-refractivity contribution in [3.63, 3.8) is 0 Å². The van der Waals surface area contributed by atoms with Crippen molar-refractivity contribution in [3.8, 4) is 16.9 Å². The Balaban J connectivity index is 2.41. The minimum Gasteiger partial charge on any atom is -0.494 e. The highest BCUT2D eigenvalue weighted by Crippen LogP contribution is 2.26. The van der Waals surface area contributed by atoms with E-state index in [0.717, 1.165) is 5.56 Å². The zero-order valence-corrected chi connectivity index (χ0v) is 10.0. The van der Waals surface area contributed by atoms with Crippen LogP contribution in [-0.2, 0) is 0 Å². The summed E-state index contributed by atoms with van der Waals surface area (Å²) in [7, 11) is 0. The summed E-state index contributed by atoms with van der Waals surface area (Å²) in [5, 5.41) is 0. The van der Waals surface area contributed by atoms with Gasteiger partial charge in [0.15, 0.2) is 0 Å². The Morgan fingerprint density at radius 2 is 2.06 bits per heavy atom. The first-order valence-electron chi connectivity index (χ1n) is 5.72. The average Bonchev–Trinajstić information content (AvgIpc) is 2.39. The fourth-order valence-corrected chi connectivity index (χ4v) is 1.76. The molecule has 0 bridgehead atoms. The van der Waals surface area contributed by atoms with Gasteiger partial charge in [-0.3, -0.25) is 4.79 Å². The third-order valence-corrected chi connectivity index (χ3v) is 2.59. The molecule has 0 radical (unpaired) electrons. The molecule has 0 aliphatic heterocycles. The van der Waals surface area contributed by atoms with E-state index in [9.17, 15) is 9.18 Å². The van der Waals surface area contributed by atoms with Gasteiger partial charge in [0.2, 0.25) is 0 Å². The van der Waals surface area contributed by atoms with E-state index in [1.54, 1.807) is 18.2 Å². The van der Waals surface area contributed by atoms with Gasteiger partial charge in [-0.25, -0.2) is 4.39 Å². The minimum atomic E-state index is -0.409. The van der Waals surface area contributed by atoms with Crippen molar-refractivity contribution in [1.29, 1.82) is 0 Å². The molecule has 2 nitrogen and oxygen atoms in total. The molecule has 3 heteroatoms. The number of rotatable bonds is 4. The van der Waals surface area contributed by atoms with Crippen molar-refractivity contribution in [2.45, 2.75) is 6.92 Å². The molecule has 0 saturated carbocycles. The molecule has 0 N–H and O–H groups in total. The maximum absolute atomic E-state index is 13.8. The van der Waals surface area contributed by atoms with Crippen LogP contribution < -0.4 is 4.74 Å². The van der Waals surface area contributed by atoms with Crippen molar-refractivity contribution < 1.29 is 13.9 Å². The monoisotopic (exact) mass is 244 g/mol. The largest absolute Gasteiger partial charge is 0.494 e. The van der Waals surface area contributed by atoms with Crippen molar-refractivity contribution >= 4 is 6.29 Å². The van der Waals surface area contributed by atoms with Crippen molar-refractivity contribution in [1.82, 2.24) is 0 Å². The molecule has 0 atom stereocenters. The van der Waals surface area contributed by atoms with Crippen LogP contribution in [0.25, 0.3) is 11.1 Å². The Hall–Kier alpha value is -2.16. The van der Waals surface area contributed by atoms with Gasteiger partial charge in [0.05, 0.1) is 6.61 Å². The van der Waals surface area contributed by atoms with Gasteiger partial charge in [-0.05, 0) is 30.7 Å². The molecular weight excluding hydrogens is 231 g/mol. The third kappa shape index (κ3) is 2.56. The molecule has 0 heterocycles. The summed E-state index contributed by atoms with van der Waals surface area (Å²) < 4.78 is 19.2. The molecule has 92 valence electrons. The van der Waals surface area contributed by atoms with Crippen molar-refractivity contribution in [3.05, 3.63) is 53.8 Å². The van der Waals surface area contributed by atoms with E-state index < -0.39 is 5.82 Å². The number of ether oxygens (including phenoxy) is 1. The lowest BCUT2D eigenvalue weighted by molar-refractivity contribution is 0.112. The number of hydrogen-bond acceptors (Lipinski definition) is 2. The quantitative estimate of drug-likeness (QED) is 0.766. The van der Waals surface area contributed by atoms with Gasteiger partial charge in [-0.1, -0.05) is 24.3 Å². The first-order chi connectivity index (χ1) is 8.74. The summed E-state index contributed by atoms with van der Waals surface area (Å²) in [5.41, 5.74) is 1.52. The molecule has 0 fully saturated rings. The summed E-state index contributed by atoms with van der Waals surface area (Å²) in [4.78, 5) is 10.6. The van der Waals surface area contributed by atoms with Crippen LogP contribution in [-0.4, -0.2) is 12.9 Å². The topological polar surface area (TPSA) is 26.3 Å². The van der Waals surface area contributed by atoms with Crippen LogP contribution >= 0.6 is 0 Å². The van der Waals surface area contributed by atoms with E-state index >= 15 is 0 Å². The predicted molar refractivity (Wildman–Crippen MR) is 68.4 cm³/mol. The number of benzene rings is 2. The zero-order chi connectivity index (χ0) is 13.0. The number of hydrogen-bond donors (Lipinski definition) is 0. The Bertz CT molecular complexity index is 564. The highest BCUT2D eigenvalue weighted by molar-refractivity contribution is 5.77. The Morgan fingerprint density at radius 1 is 1.22 bits per heavy atom. The van der Waals surface area contributed by atoms with Crippen molar-refractivity contribution in [2.24, 2.45) is 0 Å². The maximum atomic E-state index is 13.8. The molecule has 0 aliphatic carbocycles. The van der Waals surface area contributed by atoms with E-state index in [1.807, 2.05) is 25.1 Å². The van der Waals surface area contributed by atoms with E-state index in [1.165, 1.54) is 6.07 Å². The van der Waals surface area contributed by atoms with Crippen LogP contribution in [0.2, 0.25) is 0 Å².